The summed E-state index contributed by atoms with van der Waals surface area (Å²) in [6.07, 6.45) is 1.11. The van der Waals surface area contributed by atoms with Crippen molar-refractivity contribution in [1.29, 1.82) is 0 Å². The number of nitrogens with one attached hydrogen (secondary N) is 3. The van der Waals surface area contributed by atoms with Crippen LogP contribution in [0.3, 0.4) is 0 Å². The maximum absolute atomic E-state index is 12.5. The Hall–Kier alpha value is -2.12. The number of halogens is 1. The molecule has 1 amide bonds. The normalized spacial score (nSPS) is 20.7. The highest BCUT2D eigenvalue weighted by molar-refractivity contribution is 6.30. The number of phenols is 1. The topological polar surface area (TPSA) is 93.6 Å². The molecular weight excluding hydrogens is 354 g/mol. The van der Waals surface area contributed by atoms with Crippen molar-refractivity contribution >= 4 is 17.5 Å². The Balaban J connectivity index is 1.55. The number of benzene rings is 2. The Labute approximate surface area is 157 Å². The quantitative estimate of drug-likeness (QED) is 0.529. The minimum absolute atomic E-state index is 0.0183. The highest BCUT2D eigenvalue weighted by atomic mass is 35.5. The molecule has 3 rings (SSSR count). The van der Waals surface area contributed by atoms with E-state index in [4.69, 9.17) is 11.6 Å². The number of hydrogen-bond donors (Lipinski definition) is 5. The Morgan fingerprint density at radius 2 is 1.85 bits per heavy atom. The van der Waals surface area contributed by atoms with Gasteiger partial charge in [-0.2, -0.15) is 0 Å². The fourth-order valence-electron chi connectivity index (χ4n) is 3.02. The zero-order valence-electron chi connectivity index (χ0n) is 14.2. The summed E-state index contributed by atoms with van der Waals surface area (Å²) in [6.45, 7) is -0.143. The fraction of sp³-hybridized carbons (Fsp3) is 0.316. The average Bonchev–Trinajstić information content (AvgIpc) is 3.14. The summed E-state index contributed by atoms with van der Waals surface area (Å²) in [4.78, 5) is 12.5. The zero-order chi connectivity index (χ0) is 18.5. The second kappa shape index (κ2) is 8.51. The molecule has 1 aliphatic heterocycles. The van der Waals surface area contributed by atoms with Crippen molar-refractivity contribution in [2.75, 3.05) is 6.61 Å². The molecule has 0 radical (unpaired) electrons. The summed E-state index contributed by atoms with van der Waals surface area (Å²) in [5.74, 6) is 0.0498. The largest absolute Gasteiger partial charge is 0.508 e. The number of rotatable bonds is 6. The summed E-state index contributed by atoms with van der Waals surface area (Å²) in [6, 6.07) is 13.5. The smallest absolute Gasteiger partial charge is 0.238 e. The lowest BCUT2D eigenvalue weighted by Gasteiger charge is -2.19. The average molecular weight is 376 g/mol. The van der Waals surface area contributed by atoms with E-state index < -0.39 is 6.04 Å². The lowest BCUT2D eigenvalue weighted by atomic mass is 10.0. The molecule has 5 N–H and O–H groups in total. The van der Waals surface area contributed by atoms with Gasteiger partial charge in [0.25, 0.3) is 0 Å². The Morgan fingerprint density at radius 3 is 2.50 bits per heavy atom. The van der Waals surface area contributed by atoms with Crippen molar-refractivity contribution in [1.82, 2.24) is 16.2 Å². The standard InChI is InChI=1S/C19H22ClN3O3/c20-14-5-1-12(2-6-14)9-15(11-24)21-19(26)18-10-17(22-23-18)13-3-7-16(25)8-4-13/h1-8,15,17-18,22-25H,9-11H2,(H,21,26). The molecule has 6 nitrogen and oxygen atoms in total. The third-order valence-electron chi connectivity index (χ3n) is 4.48. The molecule has 3 unspecified atom stereocenters. The van der Waals surface area contributed by atoms with Crippen molar-refractivity contribution in [3.05, 3.63) is 64.7 Å². The zero-order valence-corrected chi connectivity index (χ0v) is 14.9. The monoisotopic (exact) mass is 375 g/mol. The van der Waals surface area contributed by atoms with Crippen LogP contribution in [0.25, 0.3) is 0 Å². The van der Waals surface area contributed by atoms with Gasteiger partial charge >= 0.3 is 0 Å². The van der Waals surface area contributed by atoms with Crippen LogP contribution in [-0.4, -0.2) is 34.8 Å². The van der Waals surface area contributed by atoms with E-state index in [1.54, 1.807) is 24.3 Å². The number of aliphatic hydroxyl groups is 1. The third-order valence-corrected chi connectivity index (χ3v) is 4.73. The third kappa shape index (κ3) is 4.74. The summed E-state index contributed by atoms with van der Waals surface area (Å²) < 4.78 is 0. The van der Waals surface area contributed by atoms with E-state index >= 15 is 0 Å². The molecule has 1 aliphatic rings. The van der Waals surface area contributed by atoms with E-state index in [2.05, 4.69) is 16.2 Å². The SMILES string of the molecule is O=C(NC(CO)Cc1ccc(Cl)cc1)C1CC(c2ccc(O)cc2)NN1. The number of hydrazine groups is 1. The van der Waals surface area contributed by atoms with Gasteiger partial charge in [0.15, 0.2) is 0 Å². The van der Waals surface area contributed by atoms with Gasteiger partial charge in [0.2, 0.25) is 5.91 Å². The van der Waals surface area contributed by atoms with Crippen LogP contribution < -0.4 is 16.2 Å². The van der Waals surface area contributed by atoms with Gasteiger partial charge in [-0.05, 0) is 48.2 Å². The molecule has 1 saturated heterocycles. The molecular formula is C19H22ClN3O3. The maximum Gasteiger partial charge on any atom is 0.238 e. The first-order chi connectivity index (χ1) is 12.5. The van der Waals surface area contributed by atoms with Crippen molar-refractivity contribution in [3.8, 4) is 5.75 Å². The maximum atomic E-state index is 12.5. The number of phenolic OH excluding ortho intramolecular Hbond substituents is 1. The molecule has 0 saturated carbocycles. The molecule has 7 heteroatoms. The van der Waals surface area contributed by atoms with Crippen molar-refractivity contribution in [3.63, 3.8) is 0 Å². The van der Waals surface area contributed by atoms with Crippen molar-refractivity contribution in [2.45, 2.75) is 31.0 Å². The lowest BCUT2D eigenvalue weighted by Crippen LogP contribution is -2.48. The number of aliphatic hydroxyl groups excluding tert-OH is 1. The summed E-state index contributed by atoms with van der Waals surface area (Å²) in [5.41, 5.74) is 8.08. The first-order valence-corrected chi connectivity index (χ1v) is 8.88. The number of carbonyl (C=O) groups excluding carboxylic acids is 1. The molecule has 1 heterocycles. The van der Waals surface area contributed by atoms with Crippen molar-refractivity contribution in [2.24, 2.45) is 0 Å². The van der Waals surface area contributed by atoms with Gasteiger partial charge in [-0.1, -0.05) is 35.9 Å². The van der Waals surface area contributed by atoms with Crippen molar-refractivity contribution < 1.29 is 15.0 Å². The van der Waals surface area contributed by atoms with Gasteiger partial charge in [-0.15, -0.1) is 0 Å². The predicted octanol–water partition coefficient (Wildman–Crippen LogP) is 1.67. The van der Waals surface area contributed by atoms with Crippen LogP contribution in [0.4, 0.5) is 0 Å². The van der Waals surface area contributed by atoms with Crippen LogP contribution >= 0.6 is 11.6 Å². The minimum atomic E-state index is -0.395. The number of carbonyl (C=O) groups is 1. The van der Waals surface area contributed by atoms with Crippen LogP contribution in [-0.2, 0) is 11.2 Å². The van der Waals surface area contributed by atoms with Crippen LogP contribution in [0.5, 0.6) is 5.75 Å². The fourth-order valence-corrected chi connectivity index (χ4v) is 3.15. The molecule has 2 aromatic carbocycles. The molecule has 138 valence electrons. The van der Waals surface area contributed by atoms with Gasteiger partial charge in [0.1, 0.15) is 11.8 Å². The Kier molecular flexibility index (Phi) is 6.11. The number of amides is 1. The van der Waals surface area contributed by atoms with Crippen LogP contribution in [0.1, 0.15) is 23.6 Å². The van der Waals surface area contributed by atoms with Gasteiger partial charge in [-0.3, -0.25) is 4.79 Å². The van der Waals surface area contributed by atoms with E-state index in [-0.39, 0.29) is 30.3 Å². The van der Waals surface area contributed by atoms with E-state index in [0.717, 1.165) is 11.1 Å². The first-order valence-electron chi connectivity index (χ1n) is 8.51. The van der Waals surface area contributed by atoms with E-state index in [0.29, 0.717) is 17.9 Å². The predicted molar refractivity (Wildman–Crippen MR) is 99.7 cm³/mol. The number of hydrogen-bond acceptors (Lipinski definition) is 5. The molecule has 2 aromatic rings. The Morgan fingerprint density at radius 1 is 1.15 bits per heavy atom. The highest BCUT2D eigenvalue weighted by Gasteiger charge is 2.31. The Bertz CT molecular complexity index is 737. The van der Waals surface area contributed by atoms with Crippen LogP contribution in [0.2, 0.25) is 5.02 Å². The molecule has 1 fully saturated rings. The number of aromatic hydroxyl groups is 1. The minimum Gasteiger partial charge on any atom is -0.508 e. The van der Waals surface area contributed by atoms with Crippen LogP contribution in [0.15, 0.2) is 48.5 Å². The highest BCUT2D eigenvalue weighted by Crippen LogP contribution is 2.24. The summed E-state index contributed by atoms with van der Waals surface area (Å²) >= 11 is 5.88. The van der Waals surface area contributed by atoms with Gasteiger partial charge < -0.3 is 15.5 Å². The van der Waals surface area contributed by atoms with E-state index in [1.165, 1.54) is 0 Å². The lowest BCUT2D eigenvalue weighted by molar-refractivity contribution is -0.123. The molecule has 0 aromatic heterocycles. The molecule has 0 aliphatic carbocycles. The van der Waals surface area contributed by atoms with Gasteiger partial charge in [-0.25, -0.2) is 10.9 Å². The van der Waals surface area contributed by atoms with Gasteiger partial charge in [0, 0.05) is 11.1 Å². The van der Waals surface area contributed by atoms with Crippen LogP contribution in [0, 0.1) is 0 Å². The van der Waals surface area contributed by atoms with E-state index in [9.17, 15) is 15.0 Å². The first kappa shape index (κ1) is 18.7. The second-order valence-electron chi connectivity index (χ2n) is 6.44. The van der Waals surface area contributed by atoms with Gasteiger partial charge in [0.05, 0.1) is 12.6 Å². The molecule has 26 heavy (non-hydrogen) atoms. The summed E-state index contributed by atoms with van der Waals surface area (Å²) in [5, 5.41) is 22.5. The second-order valence-corrected chi connectivity index (χ2v) is 6.88. The van der Waals surface area contributed by atoms with E-state index in [1.807, 2.05) is 24.3 Å². The summed E-state index contributed by atoms with van der Waals surface area (Å²) in [7, 11) is 0. The molecule has 0 spiro atoms. The molecule has 3 atom stereocenters. The molecule has 0 bridgehead atoms.